The number of amides is 1. The molecular formula is C19H15N3O4S. The number of methoxy groups -OCH3 is 1. The van der Waals surface area contributed by atoms with E-state index in [1.54, 1.807) is 13.0 Å². The molecule has 1 aromatic carbocycles. The largest absolute Gasteiger partial charge is 0.465 e. The quantitative estimate of drug-likeness (QED) is 0.734. The summed E-state index contributed by atoms with van der Waals surface area (Å²) in [6, 6.07) is 7.56. The third kappa shape index (κ3) is 2.00. The van der Waals surface area contributed by atoms with Crippen molar-refractivity contribution in [3.8, 4) is 11.8 Å². The average Bonchev–Trinajstić information content (AvgIpc) is 3.10. The van der Waals surface area contributed by atoms with Crippen LogP contribution in [0.25, 0.3) is 0 Å². The van der Waals surface area contributed by atoms with Gasteiger partial charge in [-0.1, -0.05) is 17.7 Å². The van der Waals surface area contributed by atoms with Crippen LogP contribution in [0.1, 0.15) is 31.2 Å². The van der Waals surface area contributed by atoms with Crippen molar-refractivity contribution in [1.82, 2.24) is 0 Å². The molecule has 4 rings (SSSR count). The molecule has 2 aromatic rings. The minimum atomic E-state index is -1.45. The molecule has 1 unspecified atom stereocenters. The predicted molar refractivity (Wildman–Crippen MR) is 98.4 cm³/mol. The van der Waals surface area contributed by atoms with Crippen LogP contribution in [-0.2, 0) is 14.9 Å². The summed E-state index contributed by atoms with van der Waals surface area (Å²) in [5.41, 5.74) is 6.96. The molecule has 2 aliphatic rings. The standard InChI is InChI=1S/C19H15N3O4S/c1-8-4-5-12-10(6-8)19(18(24)22-12)11(7-20)16(21)26-14-13(17(23)25-3)9(2)27-15(14)19/h4-6H,21H2,1-3H3,(H,22,24). The molecular weight excluding hydrogens is 366 g/mol. The molecule has 0 aliphatic carbocycles. The topological polar surface area (TPSA) is 114 Å². The smallest absolute Gasteiger partial charge is 0.342 e. The van der Waals surface area contributed by atoms with Crippen LogP contribution in [0.2, 0.25) is 0 Å². The van der Waals surface area contributed by atoms with E-state index in [0.29, 0.717) is 21.0 Å². The number of hydrogen-bond acceptors (Lipinski definition) is 7. The van der Waals surface area contributed by atoms with E-state index in [2.05, 4.69) is 5.32 Å². The van der Waals surface area contributed by atoms with Gasteiger partial charge in [0.15, 0.2) is 11.2 Å². The number of nitrogens with one attached hydrogen (secondary N) is 1. The number of carbonyl (C=O) groups excluding carboxylic acids is 2. The predicted octanol–water partition coefficient (Wildman–Crippen LogP) is 2.48. The zero-order valence-corrected chi connectivity index (χ0v) is 15.6. The van der Waals surface area contributed by atoms with E-state index < -0.39 is 17.3 Å². The molecule has 1 amide bonds. The summed E-state index contributed by atoms with van der Waals surface area (Å²) in [6.45, 7) is 3.63. The lowest BCUT2D eigenvalue weighted by Crippen LogP contribution is -2.41. The van der Waals surface area contributed by atoms with Gasteiger partial charge < -0.3 is 20.5 Å². The van der Waals surface area contributed by atoms with E-state index in [1.807, 2.05) is 25.1 Å². The second-order valence-electron chi connectivity index (χ2n) is 6.39. The number of nitrogens with zero attached hydrogens (tertiary/aromatic N) is 1. The maximum absolute atomic E-state index is 13.2. The zero-order valence-electron chi connectivity index (χ0n) is 14.8. The van der Waals surface area contributed by atoms with Gasteiger partial charge in [0.2, 0.25) is 11.8 Å². The number of carbonyl (C=O) groups is 2. The van der Waals surface area contributed by atoms with Crippen molar-refractivity contribution < 1.29 is 19.1 Å². The third-order valence-electron chi connectivity index (χ3n) is 4.88. The van der Waals surface area contributed by atoms with Crippen LogP contribution in [0.4, 0.5) is 5.69 Å². The minimum absolute atomic E-state index is 0.00881. The van der Waals surface area contributed by atoms with Crippen LogP contribution < -0.4 is 15.8 Å². The highest BCUT2D eigenvalue weighted by Crippen LogP contribution is 2.57. The molecule has 0 radical (unpaired) electrons. The van der Waals surface area contributed by atoms with Gasteiger partial charge in [0, 0.05) is 16.1 Å². The molecule has 136 valence electrons. The first-order valence-corrected chi connectivity index (χ1v) is 8.90. The lowest BCUT2D eigenvalue weighted by atomic mass is 9.72. The van der Waals surface area contributed by atoms with Crippen molar-refractivity contribution in [2.45, 2.75) is 19.3 Å². The van der Waals surface area contributed by atoms with Gasteiger partial charge in [0.25, 0.3) is 0 Å². The second-order valence-corrected chi connectivity index (χ2v) is 7.61. The molecule has 0 saturated heterocycles. The summed E-state index contributed by atoms with van der Waals surface area (Å²) < 4.78 is 10.5. The first-order valence-electron chi connectivity index (χ1n) is 8.09. The Kier molecular flexibility index (Phi) is 3.55. The maximum Gasteiger partial charge on any atom is 0.342 e. The van der Waals surface area contributed by atoms with Crippen LogP contribution in [0, 0.1) is 25.2 Å². The number of aryl methyl sites for hydroxylation is 2. The molecule has 27 heavy (non-hydrogen) atoms. The average molecular weight is 381 g/mol. The highest BCUT2D eigenvalue weighted by Gasteiger charge is 2.58. The first-order chi connectivity index (χ1) is 12.9. The fraction of sp³-hybridized carbons (Fsp3) is 0.211. The maximum atomic E-state index is 13.2. The highest BCUT2D eigenvalue weighted by molar-refractivity contribution is 7.13. The number of rotatable bonds is 1. The summed E-state index contributed by atoms with van der Waals surface area (Å²) in [5, 5.41) is 12.7. The number of esters is 1. The summed E-state index contributed by atoms with van der Waals surface area (Å²) in [6.07, 6.45) is 0. The molecule has 0 fully saturated rings. The summed E-state index contributed by atoms with van der Waals surface area (Å²) in [5.74, 6) is -1.01. The molecule has 7 nitrogen and oxygen atoms in total. The van der Waals surface area contributed by atoms with Gasteiger partial charge in [-0.3, -0.25) is 4.79 Å². The molecule has 3 heterocycles. The summed E-state index contributed by atoms with van der Waals surface area (Å²) in [4.78, 5) is 26.6. The van der Waals surface area contributed by atoms with E-state index in [-0.39, 0.29) is 22.8 Å². The summed E-state index contributed by atoms with van der Waals surface area (Å²) >= 11 is 1.22. The number of thiophene rings is 1. The van der Waals surface area contributed by atoms with Gasteiger partial charge in [-0.05, 0) is 19.9 Å². The molecule has 1 spiro atoms. The molecule has 0 saturated carbocycles. The molecule has 1 atom stereocenters. The number of ether oxygens (including phenoxy) is 2. The van der Waals surface area contributed by atoms with Gasteiger partial charge >= 0.3 is 5.97 Å². The Balaban J connectivity index is 2.14. The van der Waals surface area contributed by atoms with Gasteiger partial charge in [-0.15, -0.1) is 11.3 Å². The number of anilines is 1. The molecule has 0 bridgehead atoms. The SMILES string of the molecule is COC(=O)c1c(C)sc2c1OC(N)=C(C#N)C21C(=O)Nc2ccc(C)cc21. The van der Waals surface area contributed by atoms with Crippen molar-refractivity contribution in [3.63, 3.8) is 0 Å². The zero-order chi connectivity index (χ0) is 19.5. The van der Waals surface area contributed by atoms with E-state index in [0.717, 1.165) is 5.56 Å². The minimum Gasteiger partial charge on any atom is -0.465 e. The van der Waals surface area contributed by atoms with Gasteiger partial charge in [0.1, 0.15) is 17.2 Å². The van der Waals surface area contributed by atoms with E-state index in [4.69, 9.17) is 15.2 Å². The Morgan fingerprint density at radius 2 is 2.15 bits per heavy atom. The lowest BCUT2D eigenvalue weighted by Gasteiger charge is -2.31. The monoisotopic (exact) mass is 381 g/mol. The number of fused-ring (bicyclic) bond motifs is 4. The fourth-order valence-electron chi connectivity index (χ4n) is 3.69. The van der Waals surface area contributed by atoms with Crippen LogP contribution in [-0.4, -0.2) is 19.0 Å². The number of nitrogens with two attached hydrogens (primary N) is 1. The van der Waals surface area contributed by atoms with E-state index in [9.17, 15) is 14.9 Å². The molecule has 2 aliphatic heterocycles. The van der Waals surface area contributed by atoms with Crippen molar-refractivity contribution in [2.75, 3.05) is 12.4 Å². The van der Waals surface area contributed by atoms with Crippen molar-refractivity contribution in [3.05, 3.63) is 56.1 Å². The number of hydrogen-bond donors (Lipinski definition) is 2. The molecule has 8 heteroatoms. The Morgan fingerprint density at radius 3 is 2.81 bits per heavy atom. The Morgan fingerprint density at radius 1 is 1.41 bits per heavy atom. The Bertz CT molecular complexity index is 1110. The summed E-state index contributed by atoms with van der Waals surface area (Å²) in [7, 11) is 1.27. The Hall–Kier alpha value is -3.31. The van der Waals surface area contributed by atoms with E-state index in [1.165, 1.54) is 18.4 Å². The second kappa shape index (κ2) is 5.59. The first kappa shape index (κ1) is 17.1. The normalized spacial score (nSPS) is 19.9. The van der Waals surface area contributed by atoms with Crippen molar-refractivity contribution in [1.29, 1.82) is 5.26 Å². The van der Waals surface area contributed by atoms with Crippen LogP contribution in [0.5, 0.6) is 5.75 Å². The number of benzene rings is 1. The van der Waals surface area contributed by atoms with E-state index >= 15 is 0 Å². The Labute approximate surface area is 159 Å². The molecule has 1 aromatic heterocycles. The van der Waals surface area contributed by atoms with Gasteiger partial charge in [0.05, 0.1) is 12.0 Å². The fourth-order valence-corrected chi connectivity index (χ4v) is 4.97. The highest BCUT2D eigenvalue weighted by atomic mass is 32.1. The molecule has 3 N–H and O–H groups in total. The van der Waals surface area contributed by atoms with Crippen LogP contribution in [0.3, 0.4) is 0 Å². The third-order valence-corrected chi connectivity index (χ3v) is 6.09. The lowest BCUT2D eigenvalue weighted by molar-refractivity contribution is -0.118. The van der Waals surface area contributed by atoms with Gasteiger partial charge in [-0.2, -0.15) is 5.26 Å². The number of nitriles is 1. The van der Waals surface area contributed by atoms with Crippen molar-refractivity contribution in [2.24, 2.45) is 5.73 Å². The van der Waals surface area contributed by atoms with Crippen molar-refractivity contribution >= 4 is 28.9 Å². The van der Waals surface area contributed by atoms with Gasteiger partial charge in [-0.25, -0.2) is 4.79 Å². The van der Waals surface area contributed by atoms with Crippen LogP contribution >= 0.6 is 11.3 Å². The van der Waals surface area contributed by atoms with Crippen LogP contribution in [0.15, 0.2) is 29.7 Å².